The van der Waals surface area contributed by atoms with Gasteiger partial charge in [-0.2, -0.15) is 0 Å². The molecule has 2 rings (SSSR count). The van der Waals surface area contributed by atoms with Gasteiger partial charge in [-0.05, 0) is 23.8 Å². The minimum atomic E-state index is 0.717. The van der Waals surface area contributed by atoms with E-state index in [1.165, 1.54) is 0 Å². The van der Waals surface area contributed by atoms with E-state index in [9.17, 15) is 0 Å². The normalized spacial score (nSPS) is 17.1. The molecule has 0 aromatic heterocycles. The van der Waals surface area contributed by atoms with E-state index >= 15 is 0 Å². The van der Waals surface area contributed by atoms with Gasteiger partial charge in [0, 0.05) is 5.02 Å². The quantitative estimate of drug-likeness (QED) is 0.690. The Bertz CT molecular complexity index is 404. The second-order valence-electron chi connectivity index (χ2n) is 2.78. The maximum absolute atomic E-state index is 5.76. The van der Waals surface area contributed by atoms with Gasteiger partial charge in [-0.15, -0.1) is 0 Å². The van der Waals surface area contributed by atoms with Gasteiger partial charge in [0.15, 0.2) is 0 Å². The fourth-order valence-electron chi connectivity index (χ4n) is 1.09. The number of halogens is 1. The van der Waals surface area contributed by atoms with E-state index in [1.54, 1.807) is 18.7 Å². The Kier molecular flexibility index (Phi) is 2.65. The molecule has 1 aliphatic rings. The van der Waals surface area contributed by atoms with Crippen molar-refractivity contribution in [2.24, 2.45) is 4.99 Å². The molecule has 1 aliphatic heterocycles. The third kappa shape index (κ3) is 2.24. The number of nitrogens with zero attached hydrogens (tertiary/aromatic N) is 1. The zero-order valence-electron chi connectivity index (χ0n) is 7.35. The molecule has 1 aromatic rings. The lowest BCUT2D eigenvalue weighted by molar-refractivity contribution is 0.379. The predicted octanol–water partition coefficient (Wildman–Crippen LogP) is 3.25. The highest BCUT2D eigenvalue weighted by molar-refractivity contribution is 6.30. The zero-order valence-corrected chi connectivity index (χ0v) is 8.11. The molecule has 0 N–H and O–H groups in total. The summed E-state index contributed by atoms with van der Waals surface area (Å²) in [5, 5.41) is 0.727. The Balaban J connectivity index is 2.21. The summed E-state index contributed by atoms with van der Waals surface area (Å²) in [5.41, 5.74) is 1.03. The molecule has 0 unspecified atom stereocenters. The Hall–Kier alpha value is -1.54. The van der Waals surface area contributed by atoms with Gasteiger partial charge < -0.3 is 4.74 Å². The van der Waals surface area contributed by atoms with Crippen LogP contribution in [0.25, 0.3) is 6.08 Å². The fraction of sp³-hybridized carbons (Fsp3) is 0. The molecule has 0 saturated carbocycles. The number of aliphatic imine (C=N–C) groups is 1. The van der Waals surface area contributed by atoms with E-state index in [0.29, 0.717) is 0 Å². The summed E-state index contributed by atoms with van der Waals surface area (Å²) in [6, 6.07) is 7.52. The van der Waals surface area contributed by atoms with Crippen LogP contribution in [0.5, 0.6) is 0 Å². The first-order chi connectivity index (χ1) is 6.84. The molecule has 1 heterocycles. The van der Waals surface area contributed by atoms with E-state index in [1.807, 2.05) is 30.3 Å². The maximum Gasteiger partial charge on any atom is 0.145 e. The second kappa shape index (κ2) is 4.11. The third-order valence-corrected chi connectivity index (χ3v) is 1.98. The van der Waals surface area contributed by atoms with Crippen LogP contribution in [0.15, 0.2) is 47.5 Å². The highest BCUT2D eigenvalue weighted by Gasteiger charge is 1.96. The van der Waals surface area contributed by atoms with Crippen molar-refractivity contribution in [2.45, 2.75) is 0 Å². The maximum atomic E-state index is 5.76. The molecule has 0 fully saturated rings. The average Bonchev–Trinajstić information content (AvgIpc) is 2.23. The first-order valence-corrected chi connectivity index (χ1v) is 4.54. The van der Waals surface area contributed by atoms with Crippen LogP contribution in [0.2, 0.25) is 5.02 Å². The third-order valence-electron chi connectivity index (χ3n) is 1.73. The van der Waals surface area contributed by atoms with Crippen molar-refractivity contribution in [3.05, 3.63) is 53.1 Å². The summed E-state index contributed by atoms with van der Waals surface area (Å²) in [5.74, 6) is 0.717. The van der Waals surface area contributed by atoms with E-state index in [4.69, 9.17) is 16.3 Å². The average molecular weight is 206 g/mol. The van der Waals surface area contributed by atoms with Crippen LogP contribution >= 0.6 is 11.6 Å². The summed E-state index contributed by atoms with van der Waals surface area (Å²) in [4.78, 5) is 3.95. The van der Waals surface area contributed by atoms with E-state index in [2.05, 4.69) is 4.99 Å². The molecule has 3 heteroatoms. The van der Waals surface area contributed by atoms with Crippen LogP contribution in [0.4, 0.5) is 0 Å². The van der Waals surface area contributed by atoms with Gasteiger partial charge in [0.1, 0.15) is 12.0 Å². The lowest BCUT2D eigenvalue weighted by Gasteiger charge is -2.03. The van der Waals surface area contributed by atoms with Crippen LogP contribution in [-0.4, -0.2) is 6.21 Å². The molecule has 14 heavy (non-hydrogen) atoms. The Labute approximate surface area is 87.2 Å². The lowest BCUT2D eigenvalue weighted by atomic mass is 10.2. The topological polar surface area (TPSA) is 21.6 Å². The number of ether oxygens (including phenoxy) is 1. The molecular weight excluding hydrogens is 198 g/mol. The van der Waals surface area contributed by atoms with Gasteiger partial charge in [0.2, 0.25) is 0 Å². The first kappa shape index (κ1) is 9.03. The molecule has 0 atom stereocenters. The Morgan fingerprint density at radius 1 is 1.21 bits per heavy atom. The standard InChI is InChI=1S/C11H8ClNO/c12-10-3-1-9(2-4-10)7-11-8-13-5-6-14-11/h1-8H. The molecule has 0 saturated heterocycles. The van der Waals surface area contributed by atoms with Gasteiger partial charge >= 0.3 is 0 Å². The lowest BCUT2D eigenvalue weighted by Crippen LogP contribution is -1.90. The molecule has 0 spiro atoms. The smallest absolute Gasteiger partial charge is 0.145 e. The fourth-order valence-corrected chi connectivity index (χ4v) is 1.21. The first-order valence-electron chi connectivity index (χ1n) is 4.17. The summed E-state index contributed by atoms with van der Waals surface area (Å²) >= 11 is 5.76. The van der Waals surface area contributed by atoms with Crippen LogP contribution < -0.4 is 0 Å². The molecule has 2 nitrogen and oxygen atoms in total. The largest absolute Gasteiger partial charge is 0.462 e. The molecule has 0 aliphatic carbocycles. The second-order valence-corrected chi connectivity index (χ2v) is 3.22. The van der Waals surface area contributed by atoms with Gasteiger partial charge in [-0.1, -0.05) is 23.7 Å². The number of benzene rings is 1. The molecule has 0 amide bonds. The Morgan fingerprint density at radius 3 is 2.64 bits per heavy atom. The minimum Gasteiger partial charge on any atom is -0.462 e. The van der Waals surface area contributed by atoms with Gasteiger partial charge in [-0.25, -0.2) is 0 Å². The highest BCUT2D eigenvalue weighted by atomic mass is 35.5. The monoisotopic (exact) mass is 205 g/mol. The van der Waals surface area contributed by atoms with Gasteiger partial charge in [0.25, 0.3) is 0 Å². The summed E-state index contributed by atoms with van der Waals surface area (Å²) in [7, 11) is 0. The number of rotatable bonds is 1. The molecule has 70 valence electrons. The molecule has 0 bridgehead atoms. The Morgan fingerprint density at radius 2 is 2.00 bits per heavy atom. The highest BCUT2D eigenvalue weighted by Crippen LogP contribution is 2.13. The molecule has 0 radical (unpaired) electrons. The predicted molar refractivity (Wildman–Crippen MR) is 58.1 cm³/mol. The van der Waals surface area contributed by atoms with Crippen molar-refractivity contribution in [1.82, 2.24) is 0 Å². The minimum absolute atomic E-state index is 0.717. The van der Waals surface area contributed by atoms with Crippen molar-refractivity contribution >= 4 is 23.9 Å². The van der Waals surface area contributed by atoms with Crippen LogP contribution in [-0.2, 0) is 4.74 Å². The van der Waals surface area contributed by atoms with Crippen molar-refractivity contribution in [2.75, 3.05) is 0 Å². The summed E-state index contributed by atoms with van der Waals surface area (Å²) < 4.78 is 5.21. The molecule has 1 aromatic carbocycles. The van der Waals surface area contributed by atoms with Crippen LogP contribution in [0, 0.1) is 0 Å². The van der Waals surface area contributed by atoms with Gasteiger partial charge in [0.05, 0.1) is 12.4 Å². The van der Waals surface area contributed by atoms with E-state index < -0.39 is 0 Å². The molecular formula is C11H8ClNO. The number of allylic oxidation sites excluding steroid dienone is 1. The van der Waals surface area contributed by atoms with E-state index in [-0.39, 0.29) is 0 Å². The van der Waals surface area contributed by atoms with Crippen molar-refractivity contribution in [3.8, 4) is 0 Å². The summed E-state index contributed by atoms with van der Waals surface area (Å²) in [6.45, 7) is 0. The van der Waals surface area contributed by atoms with Gasteiger partial charge in [-0.3, -0.25) is 4.99 Å². The number of hydrogen-bond donors (Lipinski definition) is 0. The number of hydrogen-bond acceptors (Lipinski definition) is 2. The van der Waals surface area contributed by atoms with Crippen molar-refractivity contribution in [3.63, 3.8) is 0 Å². The van der Waals surface area contributed by atoms with Crippen molar-refractivity contribution < 1.29 is 4.74 Å². The van der Waals surface area contributed by atoms with Crippen molar-refractivity contribution in [1.29, 1.82) is 0 Å². The summed E-state index contributed by atoms with van der Waals surface area (Å²) in [6.07, 6.45) is 6.69. The zero-order chi connectivity index (χ0) is 9.80. The van der Waals surface area contributed by atoms with E-state index in [0.717, 1.165) is 16.3 Å². The SMILES string of the molecule is Clc1ccc(C=C2C=NC=CO2)cc1. The van der Waals surface area contributed by atoms with Crippen LogP contribution in [0.1, 0.15) is 5.56 Å². The van der Waals surface area contributed by atoms with Crippen LogP contribution in [0.3, 0.4) is 0 Å².